The van der Waals surface area contributed by atoms with Crippen molar-refractivity contribution < 1.29 is 70.5 Å². The molecule has 1 aliphatic heterocycles. The van der Waals surface area contributed by atoms with Crippen molar-refractivity contribution >= 4 is 23.5 Å². The van der Waals surface area contributed by atoms with Gasteiger partial charge in [0.15, 0.2) is 0 Å². The Bertz CT molecular complexity index is 787. The number of terminal acetylenes is 1. The third-order valence-corrected chi connectivity index (χ3v) is 7.08. The summed E-state index contributed by atoms with van der Waals surface area (Å²) in [4.78, 5) is 19.1. The van der Waals surface area contributed by atoms with Gasteiger partial charge in [0.25, 0.3) is 0 Å². The van der Waals surface area contributed by atoms with Crippen molar-refractivity contribution in [3.63, 3.8) is 0 Å². The van der Waals surface area contributed by atoms with E-state index in [9.17, 15) is 24.0 Å². The number of unbranched alkanes of at least 4 members (excludes halogenated alkanes) is 2. The fourth-order valence-electron chi connectivity index (χ4n) is 3.07. The molecule has 1 heterocycles. The van der Waals surface area contributed by atoms with Gasteiger partial charge in [0.1, 0.15) is 14.0 Å². The average molecular weight is 632 g/mol. The van der Waals surface area contributed by atoms with Gasteiger partial charge >= 0.3 is 15.6 Å². The van der Waals surface area contributed by atoms with Gasteiger partial charge in [0.2, 0.25) is 0 Å². The third-order valence-electron chi connectivity index (χ3n) is 5.08. The summed E-state index contributed by atoms with van der Waals surface area (Å²) in [7, 11) is -2.86. The molecule has 1 aliphatic rings. The molecule has 0 bridgehead atoms. The number of phosphoric ester groups is 2. The van der Waals surface area contributed by atoms with Gasteiger partial charge in [0.05, 0.1) is 98.6 Å². The molecule has 5 unspecified atom stereocenters. The van der Waals surface area contributed by atoms with E-state index in [-0.39, 0.29) is 59.3 Å². The zero-order valence-corrected chi connectivity index (χ0v) is 25.0. The highest BCUT2D eigenvalue weighted by molar-refractivity contribution is 7.47. The summed E-state index contributed by atoms with van der Waals surface area (Å²) in [5.41, 5.74) is 0. The first-order valence-electron chi connectivity index (χ1n) is 13.3. The zero-order chi connectivity index (χ0) is 30.2. The van der Waals surface area contributed by atoms with Crippen LogP contribution in [0, 0.1) is 12.3 Å². The van der Waals surface area contributed by atoms with Crippen LogP contribution in [0.15, 0.2) is 0 Å². The summed E-state index contributed by atoms with van der Waals surface area (Å²) in [6, 6.07) is -0.635. The van der Waals surface area contributed by atoms with Crippen LogP contribution in [0.4, 0.5) is 0 Å². The van der Waals surface area contributed by atoms with Crippen LogP contribution in [0.1, 0.15) is 25.7 Å². The van der Waals surface area contributed by atoms with Gasteiger partial charge in [-0.25, -0.2) is 9.13 Å². The lowest BCUT2D eigenvalue weighted by molar-refractivity contribution is -0.0181. The summed E-state index contributed by atoms with van der Waals surface area (Å²) >= 11 is 0. The second-order valence-electron chi connectivity index (χ2n) is 8.47. The summed E-state index contributed by atoms with van der Waals surface area (Å²) in [6.07, 6.45) is 5.58. The molecule has 0 aromatic heterocycles. The lowest BCUT2D eigenvalue weighted by atomic mass is 9.96. The van der Waals surface area contributed by atoms with Crippen LogP contribution >= 0.6 is 15.6 Å². The summed E-state index contributed by atoms with van der Waals surface area (Å²) in [5, 5.41) is 9.68. The first-order chi connectivity index (χ1) is 19.7. The first-order valence-corrected chi connectivity index (χ1v) is 16.3. The molecule has 2 radical (unpaired) electrons. The van der Waals surface area contributed by atoms with Gasteiger partial charge in [-0.2, -0.15) is 0 Å². The smallest absolute Gasteiger partial charge is 0.390 e. The monoisotopic (exact) mass is 632 g/mol. The Morgan fingerprint density at radius 3 is 1.54 bits per heavy atom. The van der Waals surface area contributed by atoms with E-state index in [1.54, 1.807) is 0 Å². The van der Waals surface area contributed by atoms with Gasteiger partial charge in [-0.3, -0.25) is 18.1 Å². The number of aliphatic hydroxyl groups is 1. The summed E-state index contributed by atoms with van der Waals surface area (Å²) in [6.45, 7) is 2.32. The van der Waals surface area contributed by atoms with Gasteiger partial charge in [-0.1, -0.05) is 0 Å². The average Bonchev–Trinajstić information content (AvgIpc) is 3.25. The Morgan fingerprint density at radius 2 is 1.12 bits per heavy atom. The van der Waals surface area contributed by atoms with E-state index in [1.807, 2.05) is 0 Å². The zero-order valence-electron chi connectivity index (χ0n) is 23.2. The van der Waals surface area contributed by atoms with Crippen LogP contribution in [0.5, 0.6) is 0 Å². The van der Waals surface area contributed by atoms with Crippen molar-refractivity contribution in [1.82, 2.24) is 0 Å². The van der Waals surface area contributed by atoms with Gasteiger partial charge in [-0.15, -0.1) is 12.3 Å². The molecule has 18 heteroatoms. The van der Waals surface area contributed by atoms with Gasteiger partial charge in [0, 0.05) is 12.4 Å². The van der Waals surface area contributed by atoms with E-state index >= 15 is 0 Å². The van der Waals surface area contributed by atoms with Crippen molar-refractivity contribution in [3.8, 4) is 12.3 Å². The molecule has 1 fully saturated rings. The van der Waals surface area contributed by atoms with Gasteiger partial charge < -0.3 is 43.3 Å². The highest BCUT2D eigenvalue weighted by atomic mass is 31.2. The fraction of sp³-hybridized carbons (Fsp3) is 0.913. The Labute approximate surface area is 243 Å². The molecule has 3 N–H and O–H groups in total. The second-order valence-corrected chi connectivity index (χ2v) is 11.4. The van der Waals surface area contributed by atoms with Gasteiger partial charge in [-0.05, 0) is 19.3 Å². The Balaban J connectivity index is 1.79. The molecule has 1 rings (SSSR count). The molecule has 15 nitrogen and oxygen atoms in total. The van der Waals surface area contributed by atoms with E-state index < -0.39 is 33.9 Å². The third kappa shape index (κ3) is 22.7. The maximum absolute atomic E-state index is 11.8. The molecule has 0 amide bonds. The number of aliphatic hydroxyl groups excluding tert-OH is 1. The molecular formula is C23H43BO15P2. The predicted octanol–water partition coefficient (Wildman–Crippen LogP) is 0.785. The molecule has 0 saturated carbocycles. The van der Waals surface area contributed by atoms with Crippen LogP contribution in [-0.2, 0) is 55.6 Å². The molecule has 0 aromatic carbocycles. The molecular weight excluding hydrogens is 589 g/mol. The number of hydrogen-bond acceptors (Lipinski definition) is 13. The lowest BCUT2D eigenvalue weighted by Gasteiger charge is -2.17. The van der Waals surface area contributed by atoms with Crippen LogP contribution < -0.4 is 0 Å². The lowest BCUT2D eigenvalue weighted by Crippen LogP contribution is -2.26. The molecule has 0 aliphatic carbocycles. The first kappa shape index (κ1) is 38.6. The van der Waals surface area contributed by atoms with E-state index in [1.165, 1.54) is 0 Å². The molecule has 238 valence electrons. The van der Waals surface area contributed by atoms with E-state index in [0.717, 1.165) is 0 Å². The SMILES string of the molecule is [B]C1CC(O)C(COP(=O)(O)OCCOCCOCCOCCOCCOCCOP(=O)(O)OCCCCC#C)O1. The summed E-state index contributed by atoms with van der Waals surface area (Å²) in [5.74, 6) is 2.48. The van der Waals surface area contributed by atoms with E-state index in [4.69, 9.17) is 60.8 Å². The predicted molar refractivity (Wildman–Crippen MR) is 145 cm³/mol. The van der Waals surface area contributed by atoms with Crippen molar-refractivity contribution in [3.05, 3.63) is 0 Å². The molecule has 41 heavy (non-hydrogen) atoms. The van der Waals surface area contributed by atoms with Crippen molar-refractivity contribution in [2.24, 2.45) is 0 Å². The molecule has 1 saturated heterocycles. The maximum atomic E-state index is 11.8. The Hall–Kier alpha value is -0.435. The number of rotatable bonds is 28. The minimum absolute atomic E-state index is 0.0557. The maximum Gasteiger partial charge on any atom is 0.472 e. The van der Waals surface area contributed by atoms with Crippen molar-refractivity contribution in [1.29, 1.82) is 0 Å². The van der Waals surface area contributed by atoms with Crippen LogP contribution in [0.25, 0.3) is 0 Å². The van der Waals surface area contributed by atoms with Crippen molar-refractivity contribution in [2.45, 2.75) is 43.9 Å². The largest absolute Gasteiger partial charge is 0.472 e. The highest BCUT2D eigenvalue weighted by Gasteiger charge is 2.33. The number of ether oxygens (including phenoxy) is 6. The minimum Gasteiger partial charge on any atom is -0.390 e. The Morgan fingerprint density at radius 1 is 0.707 bits per heavy atom. The van der Waals surface area contributed by atoms with Crippen LogP contribution in [0.2, 0.25) is 0 Å². The van der Waals surface area contributed by atoms with Crippen LogP contribution in [0.3, 0.4) is 0 Å². The molecule has 5 atom stereocenters. The quantitative estimate of drug-likeness (QED) is 0.0475. The number of hydrogen-bond donors (Lipinski definition) is 3. The highest BCUT2D eigenvalue weighted by Crippen LogP contribution is 2.44. The normalized spacial score (nSPS) is 21.9. The topological polar surface area (TPSA) is 187 Å². The second kappa shape index (κ2) is 24.0. The standard InChI is InChI=1S/C23H43BO15P2/c1-2-3-4-5-6-35-40(26,27)36-17-15-33-13-11-31-9-7-30-8-10-32-12-14-34-16-18-37-41(28,29)38-20-22-21(25)19-23(24)39-22/h1,21-23,25H,3-20H2,(H,26,27)(H,28,29). The van der Waals surface area contributed by atoms with Crippen molar-refractivity contribution in [2.75, 3.05) is 92.5 Å². The molecule has 0 aromatic rings. The Kier molecular flexibility index (Phi) is 22.5. The van der Waals surface area contributed by atoms with Crippen LogP contribution in [-0.4, -0.2) is 133 Å². The summed E-state index contributed by atoms with van der Waals surface area (Å²) < 4.78 is 74.4. The number of phosphoric acid groups is 2. The molecule has 0 spiro atoms. The fourth-order valence-corrected chi connectivity index (χ4v) is 4.52. The van der Waals surface area contributed by atoms with E-state index in [0.29, 0.717) is 58.9 Å². The minimum atomic E-state index is -4.30. The van der Waals surface area contributed by atoms with E-state index in [2.05, 4.69) is 5.92 Å².